The Morgan fingerprint density at radius 2 is 1.27 bits per heavy atom. The van der Waals surface area contributed by atoms with Crippen LogP contribution in [0.5, 0.6) is 0 Å². The van der Waals surface area contributed by atoms with Crippen LogP contribution in [0, 0.1) is 19.8 Å². The van der Waals surface area contributed by atoms with Gasteiger partial charge in [0.2, 0.25) is 5.91 Å². The van der Waals surface area contributed by atoms with Gasteiger partial charge in [0.25, 0.3) is 0 Å². The van der Waals surface area contributed by atoms with Crippen molar-refractivity contribution in [3.05, 3.63) is 107 Å². The molecule has 2 fully saturated rings. The second kappa shape index (κ2) is 12.1. The lowest BCUT2D eigenvalue weighted by atomic mass is 9.82. The van der Waals surface area contributed by atoms with Crippen LogP contribution in [0.2, 0.25) is 0 Å². The molecule has 0 spiro atoms. The van der Waals surface area contributed by atoms with Gasteiger partial charge in [-0.25, -0.2) is 0 Å². The summed E-state index contributed by atoms with van der Waals surface area (Å²) in [7, 11) is 0. The number of hydrogen-bond acceptors (Lipinski definition) is 2. The van der Waals surface area contributed by atoms with E-state index >= 15 is 0 Å². The largest absolute Gasteiger partial charge is 0.343 e. The summed E-state index contributed by atoms with van der Waals surface area (Å²) in [5.74, 6) is 0.996. The highest BCUT2D eigenvalue weighted by atomic mass is 16.2. The average Bonchev–Trinajstić information content (AvgIpc) is 2.94. The van der Waals surface area contributed by atoms with Crippen LogP contribution in [0.4, 0.5) is 0 Å². The van der Waals surface area contributed by atoms with Crippen molar-refractivity contribution in [3.63, 3.8) is 0 Å². The van der Waals surface area contributed by atoms with Gasteiger partial charge in [-0.15, -0.1) is 0 Å². The lowest BCUT2D eigenvalue weighted by molar-refractivity contribution is -0.133. The van der Waals surface area contributed by atoms with Crippen LogP contribution in [-0.2, 0) is 4.79 Å². The van der Waals surface area contributed by atoms with Gasteiger partial charge in [-0.3, -0.25) is 9.69 Å². The maximum absolute atomic E-state index is 13.7. The Balaban J connectivity index is 1.30. The molecule has 2 heterocycles. The van der Waals surface area contributed by atoms with Crippen LogP contribution in [-0.4, -0.2) is 41.9 Å². The number of piperidine rings is 2. The molecule has 3 aromatic rings. The Labute approximate surface area is 223 Å². The summed E-state index contributed by atoms with van der Waals surface area (Å²) in [4.78, 5) is 18.6. The first-order valence-corrected chi connectivity index (χ1v) is 14.3. The molecule has 0 aromatic heterocycles. The van der Waals surface area contributed by atoms with E-state index < -0.39 is 0 Å². The zero-order valence-corrected chi connectivity index (χ0v) is 22.6. The van der Waals surface area contributed by atoms with Crippen LogP contribution < -0.4 is 0 Å². The third-order valence-electron chi connectivity index (χ3n) is 8.77. The summed E-state index contributed by atoms with van der Waals surface area (Å²) in [5.41, 5.74) is 6.51. The third-order valence-corrected chi connectivity index (χ3v) is 8.77. The SMILES string of the molecule is Cc1ccccc1C(CC(=O)N1CCC(C(c2ccccc2)N2CCCCC2)CC1)c1ccccc1C. The number of rotatable bonds is 7. The zero-order valence-electron chi connectivity index (χ0n) is 22.6. The van der Waals surface area contributed by atoms with E-state index in [0.717, 1.165) is 25.9 Å². The first kappa shape index (κ1) is 25.7. The maximum atomic E-state index is 13.7. The van der Waals surface area contributed by atoms with Crippen LogP contribution in [0.15, 0.2) is 78.9 Å². The van der Waals surface area contributed by atoms with Gasteiger partial charge in [0.1, 0.15) is 0 Å². The molecule has 3 aromatic carbocycles. The molecular formula is C34H42N2O. The van der Waals surface area contributed by atoms with Crippen molar-refractivity contribution in [2.24, 2.45) is 5.92 Å². The predicted octanol–water partition coefficient (Wildman–Crippen LogP) is 7.29. The van der Waals surface area contributed by atoms with Crippen molar-refractivity contribution in [2.75, 3.05) is 26.2 Å². The molecule has 0 saturated carbocycles. The summed E-state index contributed by atoms with van der Waals surface area (Å²) < 4.78 is 0. The lowest BCUT2D eigenvalue weighted by Crippen LogP contribution is -2.44. The predicted molar refractivity (Wildman–Crippen MR) is 153 cm³/mol. The van der Waals surface area contributed by atoms with Gasteiger partial charge in [0.15, 0.2) is 0 Å². The lowest BCUT2D eigenvalue weighted by Gasteiger charge is -2.43. The molecule has 2 saturated heterocycles. The van der Waals surface area contributed by atoms with Gasteiger partial charge in [0, 0.05) is 31.5 Å². The normalized spacial score (nSPS) is 18.2. The number of carbonyl (C=O) groups excluding carboxylic acids is 1. The summed E-state index contributed by atoms with van der Waals surface area (Å²) in [6, 6.07) is 28.7. The van der Waals surface area contributed by atoms with Gasteiger partial charge in [0.05, 0.1) is 0 Å². The molecule has 0 bridgehead atoms. The Morgan fingerprint density at radius 1 is 0.730 bits per heavy atom. The van der Waals surface area contributed by atoms with Crippen LogP contribution in [0.25, 0.3) is 0 Å². The number of amides is 1. The van der Waals surface area contributed by atoms with E-state index in [2.05, 4.69) is 103 Å². The molecule has 5 rings (SSSR count). The van der Waals surface area contributed by atoms with E-state index in [9.17, 15) is 4.79 Å². The van der Waals surface area contributed by atoms with Crippen molar-refractivity contribution in [1.29, 1.82) is 0 Å². The van der Waals surface area contributed by atoms with Crippen LogP contribution in [0.3, 0.4) is 0 Å². The van der Waals surface area contributed by atoms with E-state index in [1.54, 1.807) is 0 Å². The Morgan fingerprint density at radius 3 is 1.84 bits per heavy atom. The second-order valence-corrected chi connectivity index (χ2v) is 11.1. The molecule has 0 N–H and O–H groups in total. The minimum absolute atomic E-state index is 0.0954. The van der Waals surface area contributed by atoms with E-state index in [1.807, 2.05) is 0 Å². The first-order valence-electron chi connectivity index (χ1n) is 14.3. The average molecular weight is 495 g/mol. The van der Waals surface area contributed by atoms with Crippen molar-refractivity contribution >= 4 is 5.91 Å². The fourth-order valence-electron chi connectivity index (χ4n) is 6.74. The van der Waals surface area contributed by atoms with Gasteiger partial charge in [-0.05, 0) is 86.4 Å². The Kier molecular flexibility index (Phi) is 8.41. The van der Waals surface area contributed by atoms with Crippen molar-refractivity contribution in [3.8, 4) is 0 Å². The fraction of sp³-hybridized carbons (Fsp3) is 0.441. The molecule has 37 heavy (non-hydrogen) atoms. The van der Waals surface area contributed by atoms with Crippen molar-refractivity contribution in [2.45, 2.75) is 64.3 Å². The van der Waals surface area contributed by atoms with Crippen molar-refractivity contribution in [1.82, 2.24) is 9.80 Å². The fourth-order valence-corrected chi connectivity index (χ4v) is 6.74. The molecule has 3 heteroatoms. The molecule has 1 atom stereocenters. The molecule has 194 valence electrons. The molecule has 0 aliphatic carbocycles. The van der Waals surface area contributed by atoms with Gasteiger partial charge in [-0.1, -0.05) is 85.3 Å². The monoisotopic (exact) mass is 494 g/mol. The second-order valence-electron chi connectivity index (χ2n) is 11.1. The minimum atomic E-state index is 0.0954. The van der Waals surface area contributed by atoms with Crippen LogP contribution in [0.1, 0.15) is 78.3 Å². The Bertz CT molecular complexity index is 1110. The number of aryl methyl sites for hydroxylation is 2. The van der Waals surface area contributed by atoms with E-state index in [0.29, 0.717) is 24.3 Å². The topological polar surface area (TPSA) is 23.6 Å². The standard InChI is InChI=1S/C34H42N2O/c1-26-13-7-9-17-30(26)32(31-18-10-8-14-27(31)2)25-33(37)35-23-19-29(20-24-35)34(28-15-5-3-6-16-28)36-21-11-4-12-22-36/h3,5-10,13-18,29,32,34H,4,11-12,19-25H2,1-2H3. The number of likely N-dealkylation sites (tertiary alicyclic amines) is 2. The summed E-state index contributed by atoms with van der Waals surface area (Å²) in [5, 5.41) is 0. The van der Waals surface area contributed by atoms with Gasteiger partial charge >= 0.3 is 0 Å². The summed E-state index contributed by atoms with van der Waals surface area (Å²) in [6.45, 7) is 8.48. The maximum Gasteiger partial charge on any atom is 0.223 e. The number of hydrogen-bond donors (Lipinski definition) is 0. The molecular weight excluding hydrogens is 452 g/mol. The van der Waals surface area contributed by atoms with Crippen LogP contribution >= 0.6 is 0 Å². The van der Waals surface area contributed by atoms with E-state index in [1.165, 1.54) is 60.2 Å². The smallest absolute Gasteiger partial charge is 0.223 e. The molecule has 1 amide bonds. The van der Waals surface area contributed by atoms with E-state index in [4.69, 9.17) is 0 Å². The molecule has 3 nitrogen and oxygen atoms in total. The minimum Gasteiger partial charge on any atom is -0.343 e. The molecule has 0 radical (unpaired) electrons. The highest BCUT2D eigenvalue weighted by molar-refractivity contribution is 5.78. The highest BCUT2D eigenvalue weighted by Gasteiger charge is 2.34. The van der Waals surface area contributed by atoms with Crippen molar-refractivity contribution < 1.29 is 4.79 Å². The number of nitrogens with zero attached hydrogens (tertiary/aromatic N) is 2. The van der Waals surface area contributed by atoms with Gasteiger partial charge in [-0.2, -0.15) is 0 Å². The number of benzene rings is 3. The Hall–Kier alpha value is -2.91. The molecule has 2 aliphatic rings. The van der Waals surface area contributed by atoms with Gasteiger partial charge < -0.3 is 4.90 Å². The third kappa shape index (κ3) is 5.99. The molecule has 1 unspecified atom stereocenters. The van der Waals surface area contributed by atoms with E-state index in [-0.39, 0.29) is 5.92 Å². The number of carbonyl (C=O) groups is 1. The molecule has 2 aliphatic heterocycles. The summed E-state index contributed by atoms with van der Waals surface area (Å²) >= 11 is 0. The summed E-state index contributed by atoms with van der Waals surface area (Å²) in [6.07, 6.45) is 6.67. The zero-order chi connectivity index (χ0) is 25.6. The quantitative estimate of drug-likeness (QED) is 0.344. The highest BCUT2D eigenvalue weighted by Crippen LogP contribution is 2.38. The first-order chi connectivity index (χ1) is 18.1.